The maximum absolute atomic E-state index is 14.3. The number of hydrogen-bond acceptors (Lipinski definition) is 4. The molecule has 0 radical (unpaired) electrons. The number of rotatable bonds is 6. The van der Waals surface area contributed by atoms with Gasteiger partial charge in [0, 0.05) is 38.2 Å². The number of fused-ring (bicyclic) bond motifs is 6. The molecule has 0 saturated carbocycles. The van der Waals surface area contributed by atoms with Crippen LogP contribution in [-0.4, -0.2) is 9.13 Å². The molecule has 0 amide bonds. The van der Waals surface area contributed by atoms with Crippen LogP contribution in [0.1, 0.15) is 27.8 Å². The van der Waals surface area contributed by atoms with Crippen LogP contribution >= 0.6 is 0 Å². The lowest BCUT2D eigenvalue weighted by atomic mass is 9.87. The average Bonchev–Trinajstić information content (AvgIpc) is 3.89. The van der Waals surface area contributed by atoms with E-state index < -0.39 is 11.7 Å². The highest BCUT2D eigenvalue weighted by molar-refractivity contribution is 6.14. The van der Waals surface area contributed by atoms with Gasteiger partial charge < -0.3 is 9.13 Å². The highest BCUT2D eigenvalue weighted by Gasteiger charge is 2.32. The summed E-state index contributed by atoms with van der Waals surface area (Å²) in [4.78, 5) is 0. The van der Waals surface area contributed by atoms with Gasteiger partial charge in [-0.2, -0.15) is 34.2 Å². The summed E-state index contributed by atoms with van der Waals surface area (Å²) in [7, 11) is 0. The van der Waals surface area contributed by atoms with Gasteiger partial charge in [-0.1, -0.05) is 109 Å². The predicted octanol–water partition coefficient (Wildman–Crippen LogP) is 15.1. The van der Waals surface area contributed by atoms with Crippen molar-refractivity contribution in [2.24, 2.45) is 0 Å². The van der Waals surface area contributed by atoms with Crippen LogP contribution in [0.25, 0.3) is 99.5 Å². The van der Waals surface area contributed by atoms with Crippen LogP contribution in [0.4, 0.5) is 13.2 Å². The van der Waals surface area contributed by atoms with E-state index in [1.54, 1.807) is 24.3 Å². The first kappa shape index (κ1) is 41.1. The number of halogens is 3. The molecule has 11 aromatic rings. The lowest BCUT2D eigenvalue weighted by Gasteiger charge is -2.23. The zero-order valence-electron chi connectivity index (χ0n) is 35.7. The monoisotopic (exact) mass is 880 g/mol. The van der Waals surface area contributed by atoms with Gasteiger partial charge in [0.2, 0.25) is 0 Å². The molecule has 0 aliphatic rings. The third-order valence-corrected chi connectivity index (χ3v) is 12.8. The first-order chi connectivity index (χ1) is 33.2. The fourth-order valence-electron chi connectivity index (χ4n) is 9.81. The van der Waals surface area contributed by atoms with E-state index in [9.17, 15) is 34.2 Å². The van der Waals surface area contributed by atoms with Crippen LogP contribution in [-0.2, 0) is 6.18 Å². The van der Waals surface area contributed by atoms with Gasteiger partial charge in [0.25, 0.3) is 0 Å². The first-order valence-electron chi connectivity index (χ1n) is 21.6. The van der Waals surface area contributed by atoms with E-state index in [2.05, 4.69) is 45.5 Å². The van der Waals surface area contributed by atoms with Gasteiger partial charge in [-0.05, 0) is 107 Å². The molecule has 0 bridgehead atoms. The third-order valence-electron chi connectivity index (χ3n) is 12.8. The van der Waals surface area contributed by atoms with Crippen molar-refractivity contribution in [2.75, 3.05) is 0 Å². The molecule has 0 aliphatic heterocycles. The lowest BCUT2D eigenvalue weighted by Crippen LogP contribution is -2.07. The highest BCUT2D eigenvalue weighted by Crippen LogP contribution is 2.48. The smallest absolute Gasteiger partial charge is 0.309 e. The van der Waals surface area contributed by atoms with E-state index in [-0.39, 0.29) is 11.1 Å². The minimum absolute atomic E-state index is 0.181. The summed E-state index contributed by atoms with van der Waals surface area (Å²) in [6.07, 6.45) is -4.70. The highest BCUT2D eigenvalue weighted by atomic mass is 19.4. The van der Waals surface area contributed by atoms with Crippen molar-refractivity contribution in [1.29, 1.82) is 21.0 Å². The summed E-state index contributed by atoms with van der Waals surface area (Å²) >= 11 is 0. The normalized spacial score (nSPS) is 11.4. The largest absolute Gasteiger partial charge is 0.416 e. The summed E-state index contributed by atoms with van der Waals surface area (Å²) in [5.74, 6) is 0. The maximum atomic E-state index is 14.3. The Kier molecular flexibility index (Phi) is 9.72. The molecule has 0 atom stereocenters. The molecule has 2 heterocycles. The fourth-order valence-corrected chi connectivity index (χ4v) is 9.81. The van der Waals surface area contributed by atoms with Crippen molar-refractivity contribution in [3.63, 3.8) is 0 Å². The Morgan fingerprint density at radius 3 is 1.31 bits per heavy atom. The Bertz CT molecular complexity index is 4090. The summed E-state index contributed by atoms with van der Waals surface area (Å²) < 4.78 is 47.0. The van der Waals surface area contributed by atoms with Gasteiger partial charge in [0.05, 0.1) is 85.5 Å². The minimum atomic E-state index is -4.70. The van der Waals surface area contributed by atoms with Crippen molar-refractivity contribution in [1.82, 2.24) is 9.13 Å². The first-order valence-corrected chi connectivity index (χ1v) is 21.6. The van der Waals surface area contributed by atoms with Gasteiger partial charge in [-0.3, -0.25) is 0 Å². The number of nitriles is 4. The molecule has 2 aromatic heterocycles. The molecule has 6 nitrogen and oxygen atoms in total. The van der Waals surface area contributed by atoms with E-state index >= 15 is 0 Å². The molecule has 11 rings (SSSR count). The second-order valence-corrected chi connectivity index (χ2v) is 16.4. The van der Waals surface area contributed by atoms with Crippen LogP contribution in [0.15, 0.2) is 188 Å². The second-order valence-electron chi connectivity index (χ2n) is 16.4. The fraction of sp³-hybridized carbons (Fsp3) is 0.0169. The van der Waals surface area contributed by atoms with Crippen molar-refractivity contribution in [2.45, 2.75) is 6.18 Å². The van der Waals surface area contributed by atoms with Gasteiger partial charge in [0.15, 0.2) is 0 Å². The molecular weight excluding hydrogens is 850 g/mol. The zero-order chi connectivity index (χ0) is 46.7. The molecule has 0 aliphatic carbocycles. The van der Waals surface area contributed by atoms with Gasteiger partial charge in [0.1, 0.15) is 0 Å². The zero-order valence-corrected chi connectivity index (χ0v) is 35.7. The minimum Gasteiger partial charge on any atom is -0.309 e. The summed E-state index contributed by atoms with van der Waals surface area (Å²) in [5.41, 5.74) is 9.71. The quantitative estimate of drug-likeness (QED) is 0.166. The SMILES string of the molecule is N#Cc1ccccc1-c1ccc2c(c1)c1ccccc1n2-c1cccc(C#N)c1-c1c(-c2ccc(C(F)(F)F)cc2C#N)cccc1-n1c2ccccc2c2cc(-c3ccccc3C#N)ccc21. The summed E-state index contributed by atoms with van der Waals surface area (Å²) in [5, 5.41) is 45.4. The Balaban J connectivity index is 1.26. The molecule has 318 valence electrons. The van der Waals surface area contributed by atoms with Crippen molar-refractivity contribution in [3.05, 3.63) is 216 Å². The molecule has 0 saturated heterocycles. The van der Waals surface area contributed by atoms with E-state index in [1.165, 1.54) is 6.07 Å². The summed E-state index contributed by atoms with van der Waals surface area (Å²) in [6.45, 7) is 0. The van der Waals surface area contributed by atoms with E-state index in [0.29, 0.717) is 44.8 Å². The van der Waals surface area contributed by atoms with Crippen LogP contribution in [0.3, 0.4) is 0 Å². The predicted molar refractivity (Wildman–Crippen MR) is 261 cm³/mol. The number of para-hydroxylation sites is 2. The average molecular weight is 881 g/mol. The van der Waals surface area contributed by atoms with Crippen LogP contribution in [0.5, 0.6) is 0 Å². The Hall–Kier alpha value is -9.67. The van der Waals surface area contributed by atoms with Gasteiger partial charge in [-0.25, -0.2) is 0 Å². The number of aromatic nitrogens is 2. The Morgan fingerprint density at radius 1 is 0.338 bits per heavy atom. The van der Waals surface area contributed by atoms with Crippen LogP contribution < -0.4 is 0 Å². The van der Waals surface area contributed by atoms with Crippen molar-refractivity contribution in [3.8, 4) is 80.2 Å². The standard InChI is InChI=1S/C59H31F3N6/c60-59(61,62)42-25-26-45(41(29-42)35-66)48-18-10-22-56(68-52-20-8-6-17-47(52)50-31-37(24-28-54(50)68)44-15-4-2-12-39(44)33-64)58(48)57-40(34-65)13-9-21-55(57)67-51-19-7-5-16-46(51)49-30-36(23-27-53(49)67)43-14-3-1-11-38(43)32-63/h1-31H. The maximum Gasteiger partial charge on any atom is 0.416 e. The Morgan fingerprint density at radius 2 is 0.779 bits per heavy atom. The van der Waals surface area contributed by atoms with E-state index in [4.69, 9.17) is 0 Å². The number of benzene rings is 9. The number of alkyl halides is 3. The molecule has 9 heteroatoms. The summed E-state index contributed by atoms with van der Waals surface area (Å²) in [6, 6.07) is 66.2. The topological polar surface area (TPSA) is 105 Å². The molecule has 0 N–H and O–H groups in total. The van der Waals surface area contributed by atoms with Crippen molar-refractivity contribution < 1.29 is 13.2 Å². The van der Waals surface area contributed by atoms with Crippen molar-refractivity contribution >= 4 is 43.6 Å². The lowest BCUT2D eigenvalue weighted by molar-refractivity contribution is -0.137. The molecule has 9 aromatic carbocycles. The molecule has 0 unspecified atom stereocenters. The third kappa shape index (κ3) is 6.46. The van der Waals surface area contributed by atoms with Crippen LogP contribution in [0.2, 0.25) is 0 Å². The number of hydrogen-bond donors (Lipinski definition) is 0. The molecular formula is C59H31F3N6. The van der Waals surface area contributed by atoms with Gasteiger partial charge in [-0.15, -0.1) is 0 Å². The second kappa shape index (κ2) is 16.1. The molecule has 0 spiro atoms. The molecule has 0 fully saturated rings. The van der Waals surface area contributed by atoms with E-state index in [0.717, 1.165) is 78.0 Å². The molecule has 68 heavy (non-hydrogen) atoms. The number of nitrogens with zero attached hydrogens (tertiary/aromatic N) is 6. The van der Waals surface area contributed by atoms with E-state index in [1.807, 2.05) is 133 Å². The van der Waals surface area contributed by atoms with Crippen LogP contribution in [0, 0.1) is 45.3 Å². The van der Waals surface area contributed by atoms with Gasteiger partial charge >= 0.3 is 6.18 Å². The Labute approximate surface area is 387 Å².